The molecule has 164 valence electrons. The maximum absolute atomic E-state index is 12.7. The van der Waals surface area contributed by atoms with Gasteiger partial charge in [-0.3, -0.25) is 30.6 Å². The van der Waals surface area contributed by atoms with Gasteiger partial charge in [0, 0.05) is 11.1 Å². The first kappa shape index (κ1) is 21.4. The van der Waals surface area contributed by atoms with E-state index in [1.807, 2.05) is 60.7 Å². The molecule has 0 saturated carbocycles. The monoisotopic (exact) mass is 442 g/mol. The van der Waals surface area contributed by atoms with E-state index in [1.54, 1.807) is 0 Å². The zero-order chi connectivity index (χ0) is 23.4. The van der Waals surface area contributed by atoms with Crippen LogP contribution < -0.4 is 10.9 Å². The predicted octanol–water partition coefficient (Wildman–Crippen LogP) is 3.23. The topological polar surface area (TPSA) is 132 Å². The van der Waals surface area contributed by atoms with Gasteiger partial charge in [0.2, 0.25) is 5.82 Å². The molecule has 4 rings (SSSR count). The van der Waals surface area contributed by atoms with E-state index in [2.05, 4.69) is 20.9 Å². The van der Waals surface area contributed by atoms with Crippen LogP contribution in [0.2, 0.25) is 0 Å². The summed E-state index contributed by atoms with van der Waals surface area (Å²) >= 11 is 0. The molecule has 1 aromatic heterocycles. The quantitative estimate of drug-likeness (QED) is 0.360. The van der Waals surface area contributed by atoms with E-state index in [4.69, 9.17) is 0 Å². The van der Waals surface area contributed by atoms with E-state index in [0.29, 0.717) is 17.1 Å². The molecule has 0 spiro atoms. The van der Waals surface area contributed by atoms with E-state index in [-0.39, 0.29) is 17.1 Å². The number of nitro benzene ring substituents is 1. The second-order valence-electron chi connectivity index (χ2n) is 7.01. The number of nitro groups is 1. The Bertz CT molecular complexity index is 1280. The van der Waals surface area contributed by atoms with E-state index in [9.17, 15) is 19.7 Å². The number of carbonyl (C=O) groups excluding carboxylic acids is 2. The molecule has 33 heavy (non-hydrogen) atoms. The molecule has 2 N–H and O–H groups in total. The SMILES string of the molecule is Cc1cccc(C(=O)NNC(=O)c2nc(-c3ccccc3)n(-c3ccccc3)n2)c1[N+](=O)[O-]. The van der Waals surface area contributed by atoms with Crippen LogP contribution in [0.15, 0.2) is 78.9 Å². The number of benzene rings is 3. The van der Waals surface area contributed by atoms with E-state index in [1.165, 1.54) is 29.8 Å². The number of para-hydroxylation sites is 2. The molecule has 0 radical (unpaired) electrons. The van der Waals surface area contributed by atoms with Gasteiger partial charge < -0.3 is 0 Å². The smallest absolute Gasteiger partial charge is 0.267 e. The van der Waals surface area contributed by atoms with E-state index >= 15 is 0 Å². The van der Waals surface area contributed by atoms with Gasteiger partial charge in [-0.2, -0.15) is 0 Å². The highest BCUT2D eigenvalue weighted by atomic mass is 16.6. The maximum Gasteiger partial charge on any atom is 0.309 e. The van der Waals surface area contributed by atoms with Crippen LogP contribution in [-0.4, -0.2) is 31.5 Å². The first-order chi connectivity index (χ1) is 16.0. The Balaban J connectivity index is 1.60. The molecule has 10 heteroatoms. The van der Waals surface area contributed by atoms with Crippen molar-refractivity contribution in [2.24, 2.45) is 0 Å². The molecule has 3 aromatic carbocycles. The molecular formula is C23H18N6O4. The van der Waals surface area contributed by atoms with Crippen LogP contribution >= 0.6 is 0 Å². The molecular weight excluding hydrogens is 424 g/mol. The molecule has 0 aliphatic rings. The molecule has 0 bridgehead atoms. The number of aryl methyl sites for hydroxylation is 1. The predicted molar refractivity (Wildman–Crippen MR) is 120 cm³/mol. The summed E-state index contributed by atoms with van der Waals surface area (Å²) in [6, 6.07) is 22.7. The Labute approximate surface area is 188 Å². The summed E-state index contributed by atoms with van der Waals surface area (Å²) in [6.45, 7) is 1.53. The van der Waals surface area contributed by atoms with Gasteiger partial charge >= 0.3 is 5.91 Å². The largest absolute Gasteiger partial charge is 0.309 e. The minimum absolute atomic E-state index is 0.173. The molecule has 0 unspecified atom stereocenters. The number of nitrogens with one attached hydrogen (secondary N) is 2. The lowest BCUT2D eigenvalue weighted by Gasteiger charge is -2.07. The number of amides is 2. The summed E-state index contributed by atoms with van der Waals surface area (Å²) in [5.41, 5.74) is 5.69. The van der Waals surface area contributed by atoms with Crippen molar-refractivity contribution in [2.75, 3.05) is 0 Å². The van der Waals surface area contributed by atoms with Gasteiger partial charge in [0.05, 0.1) is 10.6 Å². The van der Waals surface area contributed by atoms with Crippen molar-refractivity contribution >= 4 is 17.5 Å². The van der Waals surface area contributed by atoms with Gasteiger partial charge in [0.15, 0.2) is 5.82 Å². The second kappa shape index (κ2) is 9.10. The lowest BCUT2D eigenvalue weighted by Crippen LogP contribution is -2.42. The van der Waals surface area contributed by atoms with Gasteiger partial charge in [0.25, 0.3) is 11.6 Å². The normalized spacial score (nSPS) is 10.5. The number of aromatic nitrogens is 3. The fourth-order valence-corrected chi connectivity index (χ4v) is 3.25. The maximum atomic E-state index is 12.7. The zero-order valence-electron chi connectivity index (χ0n) is 17.4. The summed E-state index contributed by atoms with van der Waals surface area (Å²) in [6.07, 6.45) is 0. The number of nitrogens with zero attached hydrogens (tertiary/aromatic N) is 4. The third-order valence-electron chi connectivity index (χ3n) is 4.80. The van der Waals surface area contributed by atoms with E-state index < -0.39 is 16.7 Å². The highest BCUT2D eigenvalue weighted by molar-refractivity contribution is 6.00. The summed E-state index contributed by atoms with van der Waals surface area (Å²) < 4.78 is 1.53. The third kappa shape index (κ3) is 4.44. The minimum atomic E-state index is -0.829. The van der Waals surface area contributed by atoms with Crippen LogP contribution in [0.1, 0.15) is 26.5 Å². The van der Waals surface area contributed by atoms with Crippen molar-refractivity contribution in [3.8, 4) is 17.1 Å². The third-order valence-corrected chi connectivity index (χ3v) is 4.80. The molecule has 0 fully saturated rings. The van der Waals surface area contributed by atoms with Crippen molar-refractivity contribution in [3.63, 3.8) is 0 Å². The van der Waals surface area contributed by atoms with Gasteiger partial charge in [-0.25, -0.2) is 9.67 Å². The number of rotatable bonds is 5. The van der Waals surface area contributed by atoms with Crippen LogP contribution in [-0.2, 0) is 0 Å². The van der Waals surface area contributed by atoms with Crippen LogP contribution in [0.25, 0.3) is 17.1 Å². The lowest BCUT2D eigenvalue weighted by atomic mass is 10.1. The minimum Gasteiger partial charge on any atom is -0.267 e. The molecule has 10 nitrogen and oxygen atoms in total. The van der Waals surface area contributed by atoms with Crippen molar-refractivity contribution < 1.29 is 14.5 Å². The molecule has 0 atom stereocenters. The first-order valence-corrected chi connectivity index (χ1v) is 9.88. The zero-order valence-corrected chi connectivity index (χ0v) is 17.4. The van der Waals surface area contributed by atoms with Gasteiger partial charge in [-0.1, -0.05) is 60.7 Å². The molecule has 4 aromatic rings. The van der Waals surface area contributed by atoms with Crippen LogP contribution in [0.3, 0.4) is 0 Å². The molecule has 0 aliphatic carbocycles. The average molecular weight is 442 g/mol. The van der Waals surface area contributed by atoms with Crippen molar-refractivity contribution in [2.45, 2.75) is 6.92 Å². The van der Waals surface area contributed by atoms with Gasteiger partial charge in [0.1, 0.15) is 5.56 Å². The van der Waals surface area contributed by atoms with Crippen molar-refractivity contribution in [3.05, 3.63) is 106 Å². The van der Waals surface area contributed by atoms with Crippen molar-refractivity contribution in [1.29, 1.82) is 0 Å². The Morgan fingerprint density at radius 2 is 1.52 bits per heavy atom. The highest BCUT2D eigenvalue weighted by Crippen LogP contribution is 2.23. The number of carbonyl (C=O) groups is 2. The molecule has 0 saturated heterocycles. The lowest BCUT2D eigenvalue weighted by molar-refractivity contribution is -0.385. The molecule has 2 amide bonds. The second-order valence-corrected chi connectivity index (χ2v) is 7.01. The summed E-state index contributed by atoms with van der Waals surface area (Å²) in [4.78, 5) is 40.2. The first-order valence-electron chi connectivity index (χ1n) is 9.88. The summed E-state index contributed by atoms with van der Waals surface area (Å²) in [5.74, 6) is -1.35. The van der Waals surface area contributed by atoms with E-state index in [0.717, 1.165) is 5.56 Å². The number of hydrogen-bond acceptors (Lipinski definition) is 6. The fourth-order valence-electron chi connectivity index (χ4n) is 3.25. The Morgan fingerprint density at radius 3 is 2.18 bits per heavy atom. The van der Waals surface area contributed by atoms with Crippen LogP contribution in [0, 0.1) is 17.0 Å². The van der Waals surface area contributed by atoms with Crippen molar-refractivity contribution in [1.82, 2.24) is 25.6 Å². The molecule has 1 heterocycles. The molecule has 0 aliphatic heterocycles. The Hall–Kier alpha value is -4.86. The number of hydrazine groups is 1. The highest BCUT2D eigenvalue weighted by Gasteiger charge is 2.24. The van der Waals surface area contributed by atoms with Gasteiger partial charge in [-0.05, 0) is 25.1 Å². The fraction of sp³-hybridized carbons (Fsp3) is 0.0435. The summed E-state index contributed by atoms with van der Waals surface area (Å²) in [7, 11) is 0. The van der Waals surface area contributed by atoms with Crippen LogP contribution in [0.4, 0.5) is 5.69 Å². The average Bonchev–Trinajstić information content (AvgIpc) is 3.29. The Morgan fingerprint density at radius 1 is 0.879 bits per heavy atom. The Kier molecular flexibility index (Phi) is 5.90. The van der Waals surface area contributed by atoms with Gasteiger partial charge in [-0.15, -0.1) is 5.10 Å². The van der Waals surface area contributed by atoms with Crippen LogP contribution in [0.5, 0.6) is 0 Å². The number of hydrogen-bond donors (Lipinski definition) is 2. The summed E-state index contributed by atoms with van der Waals surface area (Å²) in [5, 5.41) is 15.6. The standard InChI is InChI=1S/C23H18N6O4/c1-15-9-8-14-18(19(15)29(32)33)22(30)25-26-23(31)20-24-21(16-10-4-2-5-11-16)28(27-20)17-12-6-3-7-13-17/h2-14H,1H3,(H,25,30)(H,26,31).